The lowest BCUT2D eigenvalue weighted by molar-refractivity contribution is -0.132. The summed E-state index contributed by atoms with van der Waals surface area (Å²) in [5, 5.41) is 2.96. The van der Waals surface area contributed by atoms with Gasteiger partial charge in [-0.3, -0.25) is 9.59 Å². The van der Waals surface area contributed by atoms with E-state index in [2.05, 4.69) is 10.0 Å². The highest BCUT2D eigenvalue weighted by atomic mass is 32.2. The average molecular weight is 399 g/mol. The molecule has 2 aliphatic heterocycles. The van der Waals surface area contributed by atoms with Gasteiger partial charge >= 0.3 is 0 Å². The first-order valence-corrected chi connectivity index (χ1v) is 10.9. The van der Waals surface area contributed by atoms with Gasteiger partial charge in [0.15, 0.2) is 0 Å². The van der Waals surface area contributed by atoms with E-state index in [4.69, 9.17) is 0 Å². The van der Waals surface area contributed by atoms with Crippen LogP contribution in [0.1, 0.15) is 23.6 Å². The number of rotatable bonds is 4. The number of nitrogens with one attached hydrogen (secondary N) is 2. The zero-order chi connectivity index (χ0) is 19.9. The summed E-state index contributed by atoms with van der Waals surface area (Å²) in [5.74, 6) is -0.484. The number of benzene rings is 2. The van der Waals surface area contributed by atoms with Gasteiger partial charge < -0.3 is 10.2 Å². The van der Waals surface area contributed by atoms with Gasteiger partial charge in [0, 0.05) is 12.2 Å². The summed E-state index contributed by atoms with van der Waals surface area (Å²) < 4.78 is 25.1. The van der Waals surface area contributed by atoms with E-state index in [-0.39, 0.29) is 18.4 Å². The molecule has 2 atom stereocenters. The highest BCUT2D eigenvalue weighted by Gasteiger charge is 2.59. The van der Waals surface area contributed by atoms with Crippen LogP contribution in [0, 0.1) is 0 Å². The predicted molar refractivity (Wildman–Crippen MR) is 105 cm³/mol. The number of anilines is 1. The van der Waals surface area contributed by atoms with Crippen molar-refractivity contribution in [3.05, 3.63) is 65.7 Å². The van der Waals surface area contributed by atoms with E-state index >= 15 is 0 Å². The van der Waals surface area contributed by atoms with Crippen molar-refractivity contribution in [3.63, 3.8) is 0 Å². The number of fused-ring (bicyclic) bond motifs is 2. The second-order valence-electron chi connectivity index (χ2n) is 7.21. The maximum Gasteiger partial charge on any atom is 0.238 e. The minimum Gasteiger partial charge on any atom is -0.333 e. The quantitative estimate of drug-likeness (QED) is 0.812. The van der Waals surface area contributed by atoms with Gasteiger partial charge in [-0.1, -0.05) is 48.5 Å². The van der Waals surface area contributed by atoms with Gasteiger partial charge in [-0.05, 0) is 23.6 Å². The predicted octanol–water partition coefficient (Wildman–Crippen LogP) is 1.40. The highest BCUT2D eigenvalue weighted by Crippen LogP contribution is 2.54. The molecule has 1 spiro atoms. The molecule has 28 heavy (non-hydrogen) atoms. The maximum atomic E-state index is 13.2. The Bertz CT molecular complexity index is 1040. The SMILES string of the molecule is CS(=O)(=O)NCC(=O)N1CC[C@]2(C(=O)Nc3ccccc32)[C@@H]1c1ccccc1. The fraction of sp³-hybridized carbons (Fsp3) is 0.300. The van der Waals surface area contributed by atoms with E-state index in [9.17, 15) is 18.0 Å². The molecule has 2 N–H and O–H groups in total. The van der Waals surface area contributed by atoms with Crippen LogP contribution >= 0.6 is 0 Å². The Morgan fingerprint density at radius 3 is 2.57 bits per heavy atom. The summed E-state index contributed by atoms with van der Waals surface area (Å²) in [5.41, 5.74) is 1.59. The Labute approximate surface area is 163 Å². The van der Waals surface area contributed by atoms with E-state index in [1.807, 2.05) is 54.6 Å². The van der Waals surface area contributed by atoms with Crippen LogP contribution in [0.5, 0.6) is 0 Å². The van der Waals surface area contributed by atoms with Crippen LogP contribution in [0.2, 0.25) is 0 Å². The molecule has 146 valence electrons. The Morgan fingerprint density at radius 1 is 1.18 bits per heavy atom. The molecule has 0 bridgehead atoms. The number of para-hydroxylation sites is 1. The van der Waals surface area contributed by atoms with Crippen molar-refractivity contribution < 1.29 is 18.0 Å². The molecular weight excluding hydrogens is 378 g/mol. The van der Waals surface area contributed by atoms with Gasteiger partial charge in [0.05, 0.1) is 18.8 Å². The molecule has 8 heteroatoms. The van der Waals surface area contributed by atoms with Crippen molar-refractivity contribution in [2.45, 2.75) is 17.9 Å². The van der Waals surface area contributed by atoms with Crippen molar-refractivity contribution in [2.24, 2.45) is 0 Å². The fourth-order valence-corrected chi connectivity index (χ4v) is 4.73. The number of likely N-dealkylation sites (tertiary alicyclic amines) is 1. The Morgan fingerprint density at radius 2 is 1.86 bits per heavy atom. The van der Waals surface area contributed by atoms with Crippen LogP contribution in [-0.2, 0) is 25.0 Å². The summed E-state index contributed by atoms with van der Waals surface area (Å²) in [7, 11) is -3.49. The molecule has 1 saturated heterocycles. The number of hydrogen-bond acceptors (Lipinski definition) is 4. The molecule has 1 fully saturated rings. The third kappa shape index (κ3) is 2.98. The van der Waals surface area contributed by atoms with E-state index in [0.29, 0.717) is 13.0 Å². The van der Waals surface area contributed by atoms with Gasteiger partial charge in [-0.2, -0.15) is 0 Å². The van der Waals surface area contributed by atoms with Crippen molar-refractivity contribution in [1.29, 1.82) is 0 Å². The minimum atomic E-state index is -3.49. The molecule has 4 rings (SSSR count). The lowest BCUT2D eigenvalue weighted by Gasteiger charge is -2.34. The molecule has 0 aromatic heterocycles. The first-order chi connectivity index (χ1) is 13.3. The van der Waals surface area contributed by atoms with Crippen LogP contribution in [0.4, 0.5) is 5.69 Å². The van der Waals surface area contributed by atoms with Crippen molar-refractivity contribution in [1.82, 2.24) is 9.62 Å². The van der Waals surface area contributed by atoms with Gasteiger partial charge in [0.2, 0.25) is 21.8 Å². The molecule has 0 radical (unpaired) electrons. The van der Waals surface area contributed by atoms with E-state index < -0.39 is 21.5 Å². The monoisotopic (exact) mass is 399 g/mol. The zero-order valence-electron chi connectivity index (χ0n) is 15.4. The second-order valence-corrected chi connectivity index (χ2v) is 9.05. The number of sulfonamides is 1. The van der Waals surface area contributed by atoms with Crippen LogP contribution < -0.4 is 10.0 Å². The summed E-state index contributed by atoms with van der Waals surface area (Å²) in [6.07, 6.45) is 1.49. The molecular formula is C20H21N3O4S. The molecule has 0 saturated carbocycles. The Balaban J connectivity index is 1.79. The Hall–Kier alpha value is -2.71. The normalized spacial score (nSPS) is 23.7. The van der Waals surface area contributed by atoms with Crippen molar-refractivity contribution in [2.75, 3.05) is 24.7 Å². The fourth-order valence-electron chi connectivity index (χ4n) is 4.35. The number of amides is 2. The van der Waals surface area contributed by atoms with E-state index in [1.165, 1.54) is 0 Å². The van der Waals surface area contributed by atoms with Gasteiger partial charge in [0.25, 0.3) is 0 Å². The Kier molecular flexibility index (Phi) is 4.47. The highest BCUT2D eigenvalue weighted by molar-refractivity contribution is 7.88. The van der Waals surface area contributed by atoms with Crippen LogP contribution in [0.3, 0.4) is 0 Å². The van der Waals surface area contributed by atoms with Gasteiger partial charge in [0.1, 0.15) is 5.41 Å². The van der Waals surface area contributed by atoms with Crippen LogP contribution in [0.15, 0.2) is 54.6 Å². The van der Waals surface area contributed by atoms with Crippen molar-refractivity contribution in [3.8, 4) is 0 Å². The third-order valence-electron chi connectivity index (χ3n) is 5.51. The first-order valence-electron chi connectivity index (χ1n) is 9.03. The number of carbonyl (C=O) groups excluding carboxylic acids is 2. The summed E-state index contributed by atoms with van der Waals surface area (Å²) in [6, 6.07) is 16.5. The topological polar surface area (TPSA) is 95.6 Å². The van der Waals surface area contributed by atoms with Crippen molar-refractivity contribution >= 4 is 27.5 Å². The van der Waals surface area contributed by atoms with E-state index in [1.54, 1.807) is 4.90 Å². The number of nitrogens with zero attached hydrogens (tertiary/aromatic N) is 1. The molecule has 0 aliphatic carbocycles. The third-order valence-corrected chi connectivity index (χ3v) is 6.18. The number of carbonyl (C=O) groups is 2. The molecule has 2 aromatic rings. The summed E-state index contributed by atoms with van der Waals surface area (Å²) in [6.45, 7) is 0.0348. The minimum absolute atomic E-state index is 0.131. The molecule has 7 nitrogen and oxygen atoms in total. The van der Waals surface area contributed by atoms with Gasteiger partial charge in [-0.25, -0.2) is 13.1 Å². The zero-order valence-corrected chi connectivity index (χ0v) is 16.2. The molecule has 2 aromatic carbocycles. The summed E-state index contributed by atoms with van der Waals surface area (Å²) >= 11 is 0. The largest absolute Gasteiger partial charge is 0.333 e. The smallest absolute Gasteiger partial charge is 0.238 e. The van der Waals surface area contributed by atoms with Gasteiger partial charge in [-0.15, -0.1) is 0 Å². The molecule has 2 aliphatic rings. The van der Waals surface area contributed by atoms with E-state index in [0.717, 1.165) is 23.1 Å². The van der Waals surface area contributed by atoms with Crippen LogP contribution in [-0.4, -0.2) is 44.5 Å². The average Bonchev–Trinajstić information content (AvgIpc) is 3.20. The second kappa shape index (κ2) is 6.72. The lowest BCUT2D eigenvalue weighted by atomic mass is 9.72. The first kappa shape index (κ1) is 18.6. The lowest BCUT2D eigenvalue weighted by Crippen LogP contribution is -2.45. The molecule has 0 unspecified atom stereocenters. The molecule has 2 heterocycles. The van der Waals surface area contributed by atoms with Crippen LogP contribution in [0.25, 0.3) is 0 Å². The summed E-state index contributed by atoms with van der Waals surface area (Å²) in [4.78, 5) is 27.7. The standard InChI is InChI=1S/C20H21N3O4S/c1-28(26,27)21-13-17(24)23-12-11-20(18(23)14-7-3-2-4-8-14)15-9-5-6-10-16(15)22-19(20)25/h2-10,18,21H,11-13H2,1H3,(H,22,25)/t18-,20+/m0/s1. The molecule has 2 amide bonds. The number of hydrogen-bond donors (Lipinski definition) is 2. The maximum absolute atomic E-state index is 13.2.